The Bertz CT molecular complexity index is 394. The summed E-state index contributed by atoms with van der Waals surface area (Å²) >= 11 is 5.64. The lowest BCUT2D eigenvalue weighted by molar-refractivity contribution is 0.0901. The zero-order valence-electron chi connectivity index (χ0n) is 10.1. The van der Waals surface area contributed by atoms with E-state index in [2.05, 4.69) is 12.2 Å². The minimum Gasteiger partial charge on any atom is -0.440 e. The van der Waals surface area contributed by atoms with Crippen LogP contribution in [0.1, 0.15) is 49.6 Å². The first-order valence-electron chi connectivity index (χ1n) is 6.19. The number of hydrogen-bond donors (Lipinski definition) is 1. The molecule has 1 fully saturated rings. The third-order valence-corrected chi connectivity index (χ3v) is 4.04. The van der Waals surface area contributed by atoms with Gasteiger partial charge in [-0.05, 0) is 48.4 Å². The Morgan fingerprint density at radius 2 is 2.18 bits per heavy atom. The summed E-state index contributed by atoms with van der Waals surface area (Å²) in [7, 11) is 0. The molecular weight excluding hydrogens is 238 g/mol. The molecule has 17 heavy (non-hydrogen) atoms. The molecule has 1 heterocycles. The predicted octanol–water partition coefficient (Wildman–Crippen LogP) is 3.63. The molecule has 0 bridgehead atoms. The predicted molar refractivity (Wildman–Crippen MR) is 67.2 cm³/mol. The van der Waals surface area contributed by atoms with Crippen LogP contribution in [0, 0.1) is 5.41 Å². The van der Waals surface area contributed by atoms with Gasteiger partial charge < -0.3 is 9.73 Å². The summed E-state index contributed by atoms with van der Waals surface area (Å²) in [5, 5.41) is 3.21. The number of halogens is 1. The van der Waals surface area contributed by atoms with Crippen LogP contribution in [-0.4, -0.2) is 12.5 Å². The lowest BCUT2D eigenvalue weighted by atomic mass is 9.83. The minimum absolute atomic E-state index is 0.170. The van der Waals surface area contributed by atoms with Gasteiger partial charge in [0.2, 0.25) is 0 Å². The molecule has 3 nitrogen and oxygen atoms in total. The molecule has 1 aromatic heterocycles. The van der Waals surface area contributed by atoms with Crippen LogP contribution in [0.25, 0.3) is 0 Å². The standard InChI is InChI=1S/C13H18ClNO2/c1-2-13(7-3-4-8-13)9-15-12(16)10-5-6-11(14)17-10/h5-6H,2-4,7-9H2,1H3,(H,15,16). The van der Waals surface area contributed by atoms with Gasteiger partial charge in [-0.15, -0.1) is 0 Å². The number of hydrogen-bond acceptors (Lipinski definition) is 2. The van der Waals surface area contributed by atoms with E-state index >= 15 is 0 Å². The Morgan fingerprint density at radius 1 is 1.47 bits per heavy atom. The van der Waals surface area contributed by atoms with Gasteiger partial charge in [0.05, 0.1) is 0 Å². The molecule has 0 saturated heterocycles. The molecular formula is C13H18ClNO2. The summed E-state index contributed by atoms with van der Waals surface area (Å²) < 4.78 is 5.08. The average Bonchev–Trinajstić information content (AvgIpc) is 2.95. The highest BCUT2D eigenvalue weighted by Gasteiger charge is 2.32. The highest BCUT2D eigenvalue weighted by atomic mass is 35.5. The monoisotopic (exact) mass is 255 g/mol. The number of carbonyl (C=O) groups excluding carboxylic acids is 1. The fourth-order valence-corrected chi connectivity index (χ4v) is 2.72. The van der Waals surface area contributed by atoms with Gasteiger partial charge in [0, 0.05) is 6.54 Å². The van der Waals surface area contributed by atoms with E-state index in [-0.39, 0.29) is 11.1 Å². The quantitative estimate of drug-likeness (QED) is 0.893. The zero-order valence-corrected chi connectivity index (χ0v) is 10.8. The molecule has 0 unspecified atom stereocenters. The molecule has 4 heteroatoms. The molecule has 94 valence electrons. The molecule has 0 atom stereocenters. The van der Waals surface area contributed by atoms with Crippen molar-refractivity contribution < 1.29 is 9.21 Å². The van der Waals surface area contributed by atoms with E-state index in [1.807, 2.05) is 0 Å². The molecule has 1 aliphatic rings. The van der Waals surface area contributed by atoms with Gasteiger partial charge in [-0.2, -0.15) is 0 Å². The molecule has 0 aliphatic heterocycles. The van der Waals surface area contributed by atoms with Gasteiger partial charge in [0.1, 0.15) is 0 Å². The lowest BCUT2D eigenvalue weighted by Crippen LogP contribution is -2.35. The highest BCUT2D eigenvalue weighted by molar-refractivity contribution is 6.29. The van der Waals surface area contributed by atoms with Gasteiger partial charge in [0.15, 0.2) is 11.0 Å². The number of furan rings is 1. The van der Waals surface area contributed by atoms with Crippen molar-refractivity contribution >= 4 is 17.5 Å². The fourth-order valence-electron chi connectivity index (χ4n) is 2.57. The van der Waals surface area contributed by atoms with Crippen LogP contribution >= 0.6 is 11.6 Å². The Morgan fingerprint density at radius 3 is 2.71 bits per heavy atom. The maximum absolute atomic E-state index is 11.8. The molecule has 1 saturated carbocycles. The molecule has 1 amide bonds. The van der Waals surface area contributed by atoms with E-state index in [1.165, 1.54) is 25.7 Å². The van der Waals surface area contributed by atoms with Gasteiger partial charge in [-0.25, -0.2) is 0 Å². The van der Waals surface area contributed by atoms with Crippen LogP contribution in [-0.2, 0) is 0 Å². The maximum Gasteiger partial charge on any atom is 0.287 e. The maximum atomic E-state index is 11.8. The molecule has 1 N–H and O–H groups in total. The topological polar surface area (TPSA) is 42.2 Å². The summed E-state index contributed by atoms with van der Waals surface area (Å²) in [5.74, 6) is 0.121. The largest absolute Gasteiger partial charge is 0.440 e. The molecule has 0 spiro atoms. The molecule has 0 aromatic carbocycles. The first-order chi connectivity index (χ1) is 8.15. The highest BCUT2D eigenvalue weighted by Crippen LogP contribution is 2.40. The SMILES string of the molecule is CCC1(CNC(=O)c2ccc(Cl)o2)CCCC1. The van der Waals surface area contributed by atoms with Gasteiger partial charge in [-0.3, -0.25) is 4.79 Å². The number of amides is 1. The van der Waals surface area contributed by atoms with Gasteiger partial charge in [-0.1, -0.05) is 19.8 Å². The van der Waals surface area contributed by atoms with Crippen LogP contribution in [0.3, 0.4) is 0 Å². The Balaban J connectivity index is 1.91. The lowest BCUT2D eigenvalue weighted by Gasteiger charge is -2.27. The summed E-state index contributed by atoms with van der Waals surface area (Å²) in [5.41, 5.74) is 0.298. The second-order valence-corrected chi connectivity index (χ2v) is 5.22. The summed E-state index contributed by atoms with van der Waals surface area (Å²) in [6.45, 7) is 2.93. The summed E-state index contributed by atoms with van der Waals surface area (Å²) in [4.78, 5) is 11.8. The van der Waals surface area contributed by atoms with Crippen LogP contribution in [0.15, 0.2) is 16.5 Å². The van der Waals surface area contributed by atoms with Crippen LogP contribution in [0.2, 0.25) is 5.22 Å². The van der Waals surface area contributed by atoms with E-state index in [1.54, 1.807) is 12.1 Å². The van der Waals surface area contributed by atoms with Crippen molar-refractivity contribution in [1.29, 1.82) is 0 Å². The number of nitrogens with one attached hydrogen (secondary N) is 1. The van der Waals surface area contributed by atoms with E-state index in [0.29, 0.717) is 11.2 Å². The Hall–Kier alpha value is -0.960. The second-order valence-electron chi connectivity index (χ2n) is 4.85. The minimum atomic E-state index is -0.170. The third-order valence-electron chi connectivity index (χ3n) is 3.84. The van der Waals surface area contributed by atoms with Crippen molar-refractivity contribution in [2.75, 3.05) is 6.54 Å². The normalized spacial score (nSPS) is 18.2. The van der Waals surface area contributed by atoms with Crippen LogP contribution in [0.4, 0.5) is 0 Å². The zero-order chi connectivity index (χ0) is 12.3. The third kappa shape index (κ3) is 2.83. The molecule has 1 aromatic rings. The number of rotatable bonds is 4. The summed E-state index contributed by atoms with van der Waals surface area (Å²) in [6, 6.07) is 3.19. The average molecular weight is 256 g/mol. The van der Waals surface area contributed by atoms with Crippen molar-refractivity contribution in [1.82, 2.24) is 5.32 Å². The first kappa shape index (κ1) is 12.5. The van der Waals surface area contributed by atoms with E-state index in [0.717, 1.165) is 13.0 Å². The van der Waals surface area contributed by atoms with Crippen molar-refractivity contribution in [3.63, 3.8) is 0 Å². The Labute approximate surface area is 107 Å². The molecule has 1 aliphatic carbocycles. The smallest absolute Gasteiger partial charge is 0.287 e. The van der Waals surface area contributed by atoms with Gasteiger partial charge >= 0.3 is 0 Å². The van der Waals surface area contributed by atoms with Crippen molar-refractivity contribution in [3.8, 4) is 0 Å². The van der Waals surface area contributed by atoms with Crippen molar-refractivity contribution in [3.05, 3.63) is 23.1 Å². The Kier molecular flexibility index (Phi) is 3.77. The molecule has 0 radical (unpaired) electrons. The van der Waals surface area contributed by atoms with E-state index in [4.69, 9.17) is 16.0 Å². The molecule has 2 rings (SSSR count). The second kappa shape index (κ2) is 5.13. The van der Waals surface area contributed by atoms with Crippen molar-refractivity contribution in [2.45, 2.75) is 39.0 Å². The van der Waals surface area contributed by atoms with E-state index in [9.17, 15) is 4.79 Å². The van der Waals surface area contributed by atoms with Crippen LogP contribution < -0.4 is 5.32 Å². The summed E-state index contributed by atoms with van der Waals surface area (Å²) in [6.07, 6.45) is 6.09. The first-order valence-corrected chi connectivity index (χ1v) is 6.56. The van der Waals surface area contributed by atoms with Gasteiger partial charge in [0.25, 0.3) is 5.91 Å². The fraction of sp³-hybridized carbons (Fsp3) is 0.615. The van der Waals surface area contributed by atoms with Crippen molar-refractivity contribution in [2.24, 2.45) is 5.41 Å². The number of carbonyl (C=O) groups is 1. The van der Waals surface area contributed by atoms with Crippen LogP contribution in [0.5, 0.6) is 0 Å². The van der Waals surface area contributed by atoms with E-state index < -0.39 is 0 Å².